The van der Waals surface area contributed by atoms with Gasteiger partial charge in [0.15, 0.2) is 11.6 Å². The number of nitrogens with one attached hydrogen (secondary N) is 1. The van der Waals surface area contributed by atoms with Gasteiger partial charge in [0.25, 0.3) is 10.0 Å². The zero-order valence-corrected chi connectivity index (χ0v) is 14.5. The number of halogens is 2. The molecule has 27 heavy (non-hydrogen) atoms. The first-order chi connectivity index (χ1) is 12.8. The van der Waals surface area contributed by atoms with E-state index >= 15 is 0 Å². The lowest BCUT2D eigenvalue weighted by Crippen LogP contribution is -2.22. The van der Waals surface area contributed by atoms with Gasteiger partial charge in [-0.25, -0.2) is 26.8 Å². The predicted octanol–water partition coefficient (Wildman–Crippen LogP) is 2.24. The van der Waals surface area contributed by atoms with Gasteiger partial charge in [-0.15, -0.1) is 0 Å². The summed E-state index contributed by atoms with van der Waals surface area (Å²) >= 11 is 0. The Kier molecular flexibility index (Phi) is 5.08. The molecule has 2 aromatic rings. The maximum absolute atomic E-state index is 13.3. The van der Waals surface area contributed by atoms with Crippen LogP contribution in [0.1, 0.15) is 16.8 Å². The van der Waals surface area contributed by atoms with E-state index in [4.69, 9.17) is 9.47 Å². The normalized spacial score (nSPS) is 16.7. The fourth-order valence-electron chi connectivity index (χ4n) is 2.35. The van der Waals surface area contributed by atoms with E-state index in [0.717, 1.165) is 6.07 Å². The fraction of sp³-hybridized carbons (Fsp3) is 0.176. The van der Waals surface area contributed by atoms with E-state index in [2.05, 4.69) is 4.72 Å². The van der Waals surface area contributed by atoms with Crippen LogP contribution in [-0.2, 0) is 24.3 Å². The highest BCUT2D eigenvalue weighted by Gasteiger charge is 2.30. The second-order valence-electron chi connectivity index (χ2n) is 5.61. The fourth-order valence-corrected chi connectivity index (χ4v) is 3.41. The van der Waals surface area contributed by atoms with Crippen molar-refractivity contribution in [1.82, 2.24) is 0 Å². The Bertz CT molecular complexity index is 1010. The number of ether oxygens (including phenoxy) is 2. The van der Waals surface area contributed by atoms with Crippen molar-refractivity contribution in [2.45, 2.75) is 17.4 Å². The molecule has 0 aromatic heterocycles. The van der Waals surface area contributed by atoms with Crippen molar-refractivity contribution in [3.63, 3.8) is 0 Å². The smallest absolute Gasteiger partial charge is 0.347 e. The molecule has 0 aliphatic carbocycles. The first-order valence-electron chi connectivity index (χ1n) is 7.72. The van der Waals surface area contributed by atoms with E-state index in [-0.39, 0.29) is 24.3 Å². The van der Waals surface area contributed by atoms with E-state index in [1.807, 2.05) is 0 Å². The molecular weight excluding hydrogens is 384 g/mol. The first kappa shape index (κ1) is 18.8. The Balaban J connectivity index is 1.77. The Hall–Kier alpha value is -3.01. The third kappa shape index (κ3) is 4.22. The van der Waals surface area contributed by atoms with Gasteiger partial charge in [0.2, 0.25) is 6.10 Å². The number of anilines is 1. The Morgan fingerprint density at radius 3 is 2.59 bits per heavy atom. The van der Waals surface area contributed by atoms with Crippen LogP contribution >= 0.6 is 0 Å². The summed E-state index contributed by atoms with van der Waals surface area (Å²) in [6.07, 6.45) is -0.757. The second-order valence-corrected chi connectivity index (χ2v) is 7.29. The SMILES string of the molecule is O=C(O[C@H]1CCOC1=O)c1cccc(NS(=O)(=O)c2ccc(F)c(F)c2)c1. The van der Waals surface area contributed by atoms with Crippen molar-refractivity contribution in [2.75, 3.05) is 11.3 Å². The van der Waals surface area contributed by atoms with Crippen LogP contribution in [0.5, 0.6) is 0 Å². The summed E-state index contributed by atoms with van der Waals surface area (Å²) in [5.41, 5.74) is 0.00312. The van der Waals surface area contributed by atoms with Crippen molar-refractivity contribution in [3.8, 4) is 0 Å². The number of rotatable bonds is 5. The molecule has 1 fully saturated rings. The Morgan fingerprint density at radius 1 is 1.15 bits per heavy atom. The van der Waals surface area contributed by atoms with Gasteiger partial charge in [0.1, 0.15) is 0 Å². The lowest BCUT2D eigenvalue weighted by molar-refractivity contribution is -0.145. The van der Waals surface area contributed by atoms with Crippen molar-refractivity contribution in [2.24, 2.45) is 0 Å². The lowest BCUT2D eigenvalue weighted by Gasteiger charge is -2.11. The quantitative estimate of drug-likeness (QED) is 0.777. The zero-order valence-electron chi connectivity index (χ0n) is 13.6. The number of esters is 2. The minimum Gasteiger partial charge on any atom is -0.463 e. The number of hydrogen-bond acceptors (Lipinski definition) is 6. The second kappa shape index (κ2) is 7.31. The monoisotopic (exact) mass is 397 g/mol. The Morgan fingerprint density at radius 2 is 1.93 bits per heavy atom. The number of sulfonamides is 1. The van der Waals surface area contributed by atoms with E-state index in [1.165, 1.54) is 24.3 Å². The molecule has 3 rings (SSSR count). The summed E-state index contributed by atoms with van der Waals surface area (Å²) in [6, 6.07) is 7.47. The van der Waals surface area contributed by atoms with E-state index in [1.54, 1.807) is 0 Å². The third-order valence-corrected chi connectivity index (χ3v) is 5.07. The summed E-state index contributed by atoms with van der Waals surface area (Å²) in [4.78, 5) is 23.0. The van der Waals surface area contributed by atoms with Crippen molar-refractivity contribution in [1.29, 1.82) is 0 Å². The summed E-state index contributed by atoms with van der Waals surface area (Å²) < 4.78 is 62.7. The lowest BCUT2D eigenvalue weighted by atomic mass is 10.2. The number of carbonyl (C=O) groups excluding carboxylic acids is 2. The maximum Gasteiger partial charge on any atom is 0.347 e. The van der Waals surface area contributed by atoms with Crippen molar-refractivity contribution in [3.05, 3.63) is 59.7 Å². The van der Waals surface area contributed by atoms with Gasteiger partial charge >= 0.3 is 11.9 Å². The molecule has 1 N–H and O–H groups in total. The number of benzene rings is 2. The van der Waals surface area contributed by atoms with Crippen LogP contribution in [0.15, 0.2) is 47.4 Å². The molecule has 0 spiro atoms. The topological polar surface area (TPSA) is 98.8 Å². The molecule has 0 bridgehead atoms. The largest absolute Gasteiger partial charge is 0.463 e. The highest BCUT2D eigenvalue weighted by atomic mass is 32.2. The summed E-state index contributed by atoms with van der Waals surface area (Å²) in [7, 11) is -4.21. The van der Waals surface area contributed by atoms with Crippen molar-refractivity contribution >= 4 is 27.6 Å². The van der Waals surface area contributed by atoms with Crippen LogP contribution in [0.25, 0.3) is 0 Å². The predicted molar refractivity (Wildman–Crippen MR) is 88.4 cm³/mol. The molecule has 2 aromatic carbocycles. The number of hydrogen-bond donors (Lipinski definition) is 1. The molecule has 1 saturated heterocycles. The minimum atomic E-state index is -4.21. The van der Waals surface area contributed by atoms with Crippen LogP contribution in [0.2, 0.25) is 0 Å². The van der Waals surface area contributed by atoms with Gasteiger partial charge in [0, 0.05) is 12.1 Å². The first-order valence-corrected chi connectivity index (χ1v) is 9.20. The van der Waals surface area contributed by atoms with Gasteiger partial charge < -0.3 is 9.47 Å². The average Bonchev–Trinajstić information content (AvgIpc) is 3.02. The standard InChI is InChI=1S/C17H13F2NO6S/c18-13-5-4-12(9-14(13)19)27(23,24)20-11-3-1-2-10(8-11)16(21)26-15-6-7-25-17(15)22/h1-5,8-9,15,20H,6-7H2/t15-/m0/s1. The molecule has 0 saturated carbocycles. The molecule has 0 amide bonds. The van der Waals surface area contributed by atoms with Gasteiger partial charge in [-0.2, -0.15) is 0 Å². The highest BCUT2D eigenvalue weighted by molar-refractivity contribution is 7.92. The third-order valence-electron chi connectivity index (χ3n) is 3.69. The van der Waals surface area contributed by atoms with Crippen LogP contribution in [0.4, 0.5) is 14.5 Å². The molecule has 0 unspecified atom stereocenters. The van der Waals surface area contributed by atoms with Gasteiger partial charge in [-0.3, -0.25) is 4.72 Å². The molecule has 142 valence electrons. The summed E-state index contributed by atoms with van der Waals surface area (Å²) in [5.74, 6) is -3.95. The van der Waals surface area contributed by atoms with Gasteiger partial charge in [0.05, 0.1) is 17.1 Å². The average molecular weight is 397 g/mol. The van der Waals surface area contributed by atoms with Crippen LogP contribution in [0.3, 0.4) is 0 Å². The highest BCUT2D eigenvalue weighted by Crippen LogP contribution is 2.20. The molecule has 1 atom stereocenters. The van der Waals surface area contributed by atoms with Gasteiger partial charge in [-0.1, -0.05) is 6.07 Å². The zero-order chi connectivity index (χ0) is 19.6. The summed E-state index contributed by atoms with van der Waals surface area (Å²) in [5, 5.41) is 0. The van der Waals surface area contributed by atoms with E-state index < -0.39 is 44.6 Å². The van der Waals surface area contributed by atoms with Crippen LogP contribution in [-0.4, -0.2) is 33.1 Å². The number of carbonyl (C=O) groups is 2. The maximum atomic E-state index is 13.3. The van der Waals surface area contributed by atoms with Crippen LogP contribution in [0, 0.1) is 11.6 Å². The van der Waals surface area contributed by atoms with Crippen molar-refractivity contribution < 1.29 is 36.3 Å². The van der Waals surface area contributed by atoms with Crippen LogP contribution < -0.4 is 4.72 Å². The summed E-state index contributed by atoms with van der Waals surface area (Å²) in [6.45, 7) is 0.158. The van der Waals surface area contributed by atoms with E-state index in [9.17, 15) is 26.8 Å². The molecule has 7 nitrogen and oxygen atoms in total. The minimum absolute atomic E-state index is 0.000173. The molecule has 10 heteroatoms. The molecular formula is C17H13F2NO6S. The Labute approximate surface area is 152 Å². The molecule has 1 heterocycles. The van der Waals surface area contributed by atoms with E-state index in [0.29, 0.717) is 12.1 Å². The molecule has 1 aliphatic heterocycles. The van der Waals surface area contributed by atoms with Gasteiger partial charge in [-0.05, 0) is 36.4 Å². The number of cyclic esters (lactones) is 1. The molecule has 1 aliphatic rings. The molecule has 0 radical (unpaired) electrons.